The minimum absolute atomic E-state index is 0.0407. The average molecular weight is 494 g/mol. The van der Waals surface area contributed by atoms with Crippen molar-refractivity contribution >= 4 is 21.6 Å². The summed E-state index contributed by atoms with van der Waals surface area (Å²) in [4.78, 5) is 14.6. The molecule has 0 unspecified atom stereocenters. The summed E-state index contributed by atoms with van der Waals surface area (Å²) < 4.78 is 52.5. The van der Waals surface area contributed by atoms with Crippen LogP contribution in [0.25, 0.3) is 0 Å². The number of nitrogens with one attached hydrogen (secondary N) is 1. The van der Waals surface area contributed by atoms with Gasteiger partial charge in [-0.15, -0.1) is 0 Å². The second-order valence-corrected chi connectivity index (χ2v) is 9.86. The highest BCUT2D eigenvalue weighted by molar-refractivity contribution is 7.89. The van der Waals surface area contributed by atoms with E-state index in [1.54, 1.807) is 18.2 Å². The van der Waals surface area contributed by atoms with E-state index in [4.69, 9.17) is 9.47 Å². The summed E-state index contributed by atoms with van der Waals surface area (Å²) in [7, 11) is -2.46. The van der Waals surface area contributed by atoms with Gasteiger partial charge in [0.15, 0.2) is 11.5 Å². The Kier molecular flexibility index (Phi) is 8.87. The van der Waals surface area contributed by atoms with E-state index >= 15 is 0 Å². The number of amides is 1. The molecule has 10 heteroatoms. The first-order valence-corrected chi connectivity index (χ1v) is 12.9. The van der Waals surface area contributed by atoms with Gasteiger partial charge >= 0.3 is 0 Å². The van der Waals surface area contributed by atoms with Crippen LogP contribution in [0.1, 0.15) is 37.0 Å². The second-order valence-electron chi connectivity index (χ2n) is 7.95. The quantitative estimate of drug-likeness (QED) is 0.515. The fraction of sp³-hybridized carbons (Fsp3) is 0.458. The minimum Gasteiger partial charge on any atom is -0.493 e. The summed E-state index contributed by atoms with van der Waals surface area (Å²) in [5, 5.41) is 2.72. The number of nitrogens with zero attached hydrogens (tertiary/aromatic N) is 2. The molecule has 0 bridgehead atoms. The first-order chi connectivity index (χ1) is 16.3. The van der Waals surface area contributed by atoms with Gasteiger partial charge in [-0.1, -0.05) is 13.8 Å². The molecule has 8 nitrogen and oxygen atoms in total. The minimum atomic E-state index is -4.00. The first-order valence-electron chi connectivity index (χ1n) is 11.4. The molecule has 186 valence electrons. The van der Waals surface area contributed by atoms with Gasteiger partial charge in [-0.05, 0) is 56.3 Å². The molecule has 1 amide bonds. The van der Waals surface area contributed by atoms with Crippen molar-refractivity contribution in [2.75, 3.05) is 51.8 Å². The maximum atomic E-state index is 14.4. The number of carbonyl (C=O) groups excluding carboxylic acids is 1. The van der Waals surface area contributed by atoms with Crippen molar-refractivity contribution in [3.63, 3.8) is 0 Å². The van der Waals surface area contributed by atoms with Crippen LogP contribution in [0, 0.1) is 5.82 Å². The van der Waals surface area contributed by atoms with Crippen molar-refractivity contribution in [3.8, 4) is 11.5 Å². The van der Waals surface area contributed by atoms with Gasteiger partial charge in [0.1, 0.15) is 17.3 Å². The number of hydrogen-bond acceptors (Lipinski definition) is 6. The van der Waals surface area contributed by atoms with Crippen LogP contribution < -0.4 is 14.8 Å². The lowest BCUT2D eigenvalue weighted by Gasteiger charge is -2.19. The summed E-state index contributed by atoms with van der Waals surface area (Å²) in [5.74, 6) is -0.434. The Bertz CT molecular complexity index is 1100. The number of likely N-dealkylation sites (N-methyl/N-ethyl adjacent to an activating group) is 1. The molecule has 1 aliphatic rings. The van der Waals surface area contributed by atoms with E-state index in [0.29, 0.717) is 36.9 Å². The zero-order valence-electron chi connectivity index (χ0n) is 19.8. The Labute approximate surface area is 200 Å². The van der Waals surface area contributed by atoms with Crippen LogP contribution in [0.3, 0.4) is 0 Å². The van der Waals surface area contributed by atoms with E-state index in [0.717, 1.165) is 44.6 Å². The fourth-order valence-corrected chi connectivity index (χ4v) is 5.41. The number of hydrogen-bond donors (Lipinski definition) is 1. The number of ether oxygens (including phenoxy) is 2. The van der Waals surface area contributed by atoms with Crippen molar-refractivity contribution in [2.24, 2.45) is 0 Å². The number of rotatable bonds is 11. The van der Waals surface area contributed by atoms with Crippen molar-refractivity contribution in [3.05, 3.63) is 47.8 Å². The van der Waals surface area contributed by atoms with Gasteiger partial charge in [-0.25, -0.2) is 12.8 Å². The molecule has 1 aliphatic heterocycles. The molecule has 1 fully saturated rings. The third kappa shape index (κ3) is 6.05. The molecule has 1 saturated heterocycles. The Morgan fingerprint density at radius 3 is 2.44 bits per heavy atom. The van der Waals surface area contributed by atoms with Gasteiger partial charge in [0.2, 0.25) is 10.0 Å². The number of sulfonamides is 1. The number of carbonyl (C=O) groups is 1. The molecule has 2 aromatic carbocycles. The lowest BCUT2D eigenvalue weighted by molar-refractivity contribution is 0.102. The summed E-state index contributed by atoms with van der Waals surface area (Å²) in [6, 6.07) is 8.33. The third-order valence-electron chi connectivity index (χ3n) is 5.86. The molecular formula is C24H32FN3O5S. The molecule has 3 rings (SSSR count). The van der Waals surface area contributed by atoms with Gasteiger partial charge < -0.3 is 19.7 Å². The number of halogens is 1. The highest BCUT2D eigenvalue weighted by atomic mass is 32.2. The predicted octanol–water partition coefficient (Wildman–Crippen LogP) is 3.59. The zero-order valence-corrected chi connectivity index (χ0v) is 20.7. The van der Waals surface area contributed by atoms with Gasteiger partial charge in [0, 0.05) is 37.0 Å². The van der Waals surface area contributed by atoms with Crippen LogP contribution in [0.15, 0.2) is 41.3 Å². The van der Waals surface area contributed by atoms with Crippen molar-refractivity contribution in [2.45, 2.75) is 31.6 Å². The van der Waals surface area contributed by atoms with E-state index in [1.165, 1.54) is 17.5 Å². The van der Waals surface area contributed by atoms with E-state index in [1.807, 2.05) is 0 Å². The Morgan fingerprint density at radius 2 is 1.79 bits per heavy atom. The molecule has 0 spiro atoms. The topological polar surface area (TPSA) is 88.2 Å². The second kappa shape index (κ2) is 11.6. The van der Waals surface area contributed by atoms with Crippen LogP contribution in [-0.2, 0) is 10.0 Å². The van der Waals surface area contributed by atoms with Gasteiger partial charge in [0.25, 0.3) is 5.91 Å². The summed E-state index contributed by atoms with van der Waals surface area (Å²) in [5.41, 5.74) is 0.482. The van der Waals surface area contributed by atoms with Gasteiger partial charge in [-0.3, -0.25) is 4.79 Å². The van der Waals surface area contributed by atoms with Crippen LogP contribution in [0.4, 0.5) is 10.1 Å². The van der Waals surface area contributed by atoms with E-state index in [9.17, 15) is 17.6 Å². The third-order valence-corrected chi connectivity index (χ3v) is 7.77. The zero-order chi connectivity index (χ0) is 24.7. The van der Waals surface area contributed by atoms with E-state index in [-0.39, 0.29) is 5.56 Å². The average Bonchev–Trinajstić information content (AvgIpc) is 3.38. The lowest BCUT2D eigenvalue weighted by atomic mass is 10.2. The molecule has 2 aromatic rings. The predicted molar refractivity (Wildman–Crippen MR) is 129 cm³/mol. The van der Waals surface area contributed by atoms with Gasteiger partial charge in [-0.2, -0.15) is 4.31 Å². The summed E-state index contributed by atoms with van der Waals surface area (Å²) in [6.45, 7) is 7.89. The number of methoxy groups -OCH3 is 1. The molecular weight excluding hydrogens is 461 g/mol. The van der Waals surface area contributed by atoms with Gasteiger partial charge in [0.05, 0.1) is 7.11 Å². The fourth-order valence-electron chi connectivity index (χ4n) is 3.80. The van der Waals surface area contributed by atoms with Crippen molar-refractivity contribution in [1.82, 2.24) is 9.21 Å². The highest BCUT2D eigenvalue weighted by Gasteiger charge is 2.30. The highest BCUT2D eigenvalue weighted by Crippen LogP contribution is 2.31. The van der Waals surface area contributed by atoms with Crippen LogP contribution in [0.5, 0.6) is 11.5 Å². The smallest absolute Gasteiger partial charge is 0.255 e. The number of anilines is 1. The largest absolute Gasteiger partial charge is 0.493 e. The van der Waals surface area contributed by atoms with E-state index < -0.39 is 26.6 Å². The molecule has 0 saturated carbocycles. The first kappa shape index (κ1) is 25.9. The molecule has 1 N–H and O–H groups in total. The molecule has 0 atom stereocenters. The number of benzene rings is 2. The molecule has 0 aromatic heterocycles. The van der Waals surface area contributed by atoms with Crippen molar-refractivity contribution < 1.29 is 27.1 Å². The molecule has 34 heavy (non-hydrogen) atoms. The Balaban J connectivity index is 1.76. The Hall–Kier alpha value is -2.69. The summed E-state index contributed by atoms with van der Waals surface area (Å²) in [6.07, 6.45) is 1.47. The van der Waals surface area contributed by atoms with E-state index in [2.05, 4.69) is 24.1 Å². The standard InChI is InChI=1S/C24H32FN3O5S/c1-4-27(5-2)14-15-33-22-17-19(9-11-21(22)32-3)26-24(29)18-8-10-20(25)23(16-18)34(30,31)28-12-6-7-13-28/h8-11,16-17H,4-7,12-15H2,1-3H3,(H,26,29). The van der Waals surface area contributed by atoms with Crippen molar-refractivity contribution in [1.29, 1.82) is 0 Å². The van der Waals surface area contributed by atoms with Crippen LogP contribution >= 0.6 is 0 Å². The monoisotopic (exact) mass is 493 g/mol. The maximum absolute atomic E-state index is 14.4. The van der Waals surface area contributed by atoms with Crippen LogP contribution in [0.2, 0.25) is 0 Å². The maximum Gasteiger partial charge on any atom is 0.255 e. The van der Waals surface area contributed by atoms with Crippen LogP contribution in [-0.4, -0.2) is 70.0 Å². The summed E-state index contributed by atoms with van der Waals surface area (Å²) >= 11 is 0. The normalized spacial score (nSPS) is 14.4. The Morgan fingerprint density at radius 1 is 1.09 bits per heavy atom. The molecule has 1 heterocycles. The molecule has 0 aliphatic carbocycles. The molecule has 0 radical (unpaired) electrons. The SMILES string of the molecule is CCN(CC)CCOc1cc(NC(=O)c2ccc(F)c(S(=O)(=O)N3CCCC3)c2)ccc1OC. The lowest BCUT2D eigenvalue weighted by Crippen LogP contribution is -2.29.